The fourth-order valence-corrected chi connectivity index (χ4v) is 4.25. The van der Waals surface area contributed by atoms with Crippen LogP contribution >= 0.6 is 0 Å². The minimum atomic E-state index is -4.69. The average Bonchev–Trinajstić information content (AvgIpc) is 3.20. The highest BCUT2D eigenvalue weighted by Crippen LogP contribution is 2.42. The van der Waals surface area contributed by atoms with E-state index in [0.29, 0.717) is 17.5 Å². The second kappa shape index (κ2) is 8.66. The van der Waals surface area contributed by atoms with Crippen LogP contribution in [0.3, 0.4) is 0 Å². The van der Waals surface area contributed by atoms with Crippen molar-refractivity contribution >= 4 is 5.95 Å². The Morgan fingerprint density at radius 2 is 1.67 bits per heavy atom. The lowest BCUT2D eigenvalue weighted by Gasteiger charge is -2.17. The monoisotopic (exact) mass is 467 g/mol. The summed E-state index contributed by atoms with van der Waals surface area (Å²) in [7, 11) is 0. The molecule has 10 heteroatoms. The highest BCUT2D eigenvalue weighted by Gasteiger charge is 2.38. The number of nitrogens with two attached hydrogens (primary N) is 1. The van der Waals surface area contributed by atoms with Crippen LogP contribution in [-0.2, 0) is 10.9 Å². The van der Waals surface area contributed by atoms with Gasteiger partial charge in [0.2, 0.25) is 5.95 Å². The van der Waals surface area contributed by atoms with Crippen molar-refractivity contribution in [2.45, 2.75) is 43.8 Å². The number of ether oxygens (including phenoxy) is 1. The Hall–Kier alpha value is -3.14. The normalized spacial score (nSPS) is 19.1. The number of benzene rings is 2. The van der Waals surface area contributed by atoms with Crippen LogP contribution in [0.2, 0.25) is 0 Å². The van der Waals surface area contributed by atoms with Crippen LogP contribution in [0.25, 0.3) is 22.4 Å². The van der Waals surface area contributed by atoms with Crippen LogP contribution in [-0.4, -0.2) is 22.4 Å². The molecule has 1 fully saturated rings. The third-order valence-corrected chi connectivity index (χ3v) is 5.65. The van der Waals surface area contributed by atoms with Gasteiger partial charge in [0.15, 0.2) is 0 Å². The lowest BCUT2D eigenvalue weighted by Crippen LogP contribution is -2.21. The molecule has 2 N–H and O–H groups in total. The molecule has 4 rings (SSSR count). The Labute approximate surface area is 185 Å². The van der Waals surface area contributed by atoms with Crippen molar-refractivity contribution in [3.05, 3.63) is 65.9 Å². The number of rotatable bonds is 4. The summed E-state index contributed by atoms with van der Waals surface area (Å²) in [4.78, 5) is 8.05. The van der Waals surface area contributed by atoms with Gasteiger partial charge in [-0.1, -0.05) is 42.5 Å². The van der Waals surface area contributed by atoms with Crippen molar-refractivity contribution in [3.8, 4) is 22.4 Å². The van der Waals surface area contributed by atoms with Crippen molar-refractivity contribution in [2.24, 2.45) is 0 Å². The Morgan fingerprint density at radius 3 is 2.39 bits per heavy atom. The van der Waals surface area contributed by atoms with Crippen LogP contribution in [0.1, 0.15) is 36.3 Å². The average molecular weight is 467 g/mol. The summed E-state index contributed by atoms with van der Waals surface area (Å²) in [5, 5.41) is 0. The zero-order chi connectivity index (χ0) is 23.8. The van der Waals surface area contributed by atoms with Gasteiger partial charge in [0, 0.05) is 17.3 Å². The summed E-state index contributed by atoms with van der Waals surface area (Å²) < 4.78 is 82.7. The SMILES string of the molecule is Nc1ncc(-c2cccc([C@H]3CCC(OC(F)(F)F)C3)c2)c(-c2ccccc2C(F)(F)F)n1. The highest BCUT2D eigenvalue weighted by molar-refractivity contribution is 5.82. The van der Waals surface area contributed by atoms with Gasteiger partial charge in [-0.15, -0.1) is 13.2 Å². The molecule has 3 aromatic rings. The number of hydrogen-bond donors (Lipinski definition) is 1. The molecule has 174 valence electrons. The molecular formula is C23H19F6N3O. The number of nitrogens with zero attached hydrogens (tertiary/aromatic N) is 2. The third kappa shape index (κ3) is 5.27. The van der Waals surface area contributed by atoms with E-state index in [-0.39, 0.29) is 36.0 Å². The van der Waals surface area contributed by atoms with Gasteiger partial charge >= 0.3 is 12.5 Å². The minimum absolute atomic E-state index is 0.0253. The first-order valence-corrected chi connectivity index (χ1v) is 10.2. The van der Waals surface area contributed by atoms with Crippen LogP contribution < -0.4 is 5.73 Å². The number of halogens is 6. The smallest absolute Gasteiger partial charge is 0.368 e. The van der Waals surface area contributed by atoms with E-state index in [2.05, 4.69) is 14.7 Å². The highest BCUT2D eigenvalue weighted by atomic mass is 19.4. The molecule has 2 aromatic carbocycles. The van der Waals surface area contributed by atoms with E-state index in [0.717, 1.165) is 11.6 Å². The van der Waals surface area contributed by atoms with Gasteiger partial charge in [0.1, 0.15) is 0 Å². The van der Waals surface area contributed by atoms with Gasteiger partial charge in [-0.25, -0.2) is 9.97 Å². The van der Waals surface area contributed by atoms with E-state index in [1.165, 1.54) is 24.4 Å². The molecule has 0 amide bonds. The summed E-state index contributed by atoms with van der Waals surface area (Å²) in [5.74, 6) is -0.345. The first-order valence-electron chi connectivity index (χ1n) is 10.2. The maximum absolute atomic E-state index is 13.6. The van der Waals surface area contributed by atoms with Crippen molar-refractivity contribution in [1.82, 2.24) is 9.97 Å². The van der Waals surface area contributed by atoms with E-state index in [4.69, 9.17) is 5.73 Å². The molecule has 1 heterocycles. The standard InChI is InChI=1S/C23H19F6N3O/c24-22(25,26)19-7-2-1-6-17(19)20-18(12-31-21(30)32-20)15-5-3-4-13(10-15)14-8-9-16(11-14)33-23(27,28)29/h1-7,10,12,14,16H,8-9,11H2,(H2,30,31,32)/t14-,16?/m0/s1. The van der Waals surface area contributed by atoms with Crippen molar-refractivity contribution in [1.29, 1.82) is 0 Å². The lowest BCUT2D eigenvalue weighted by atomic mass is 9.92. The maximum atomic E-state index is 13.6. The number of hydrogen-bond acceptors (Lipinski definition) is 4. The van der Waals surface area contributed by atoms with Gasteiger partial charge in [-0.05, 0) is 42.4 Å². The first kappa shape index (κ1) is 23.0. The third-order valence-electron chi connectivity index (χ3n) is 5.65. The molecule has 0 bridgehead atoms. The van der Waals surface area contributed by atoms with Crippen LogP contribution in [0.15, 0.2) is 54.7 Å². The number of nitrogen functional groups attached to an aromatic ring is 1. The molecule has 0 spiro atoms. The Balaban J connectivity index is 1.72. The molecule has 0 saturated heterocycles. The van der Waals surface area contributed by atoms with Crippen LogP contribution in [0, 0.1) is 0 Å². The Morgan fingerprint density at radius 1 is 0.909 bits per heavy atom. The van der Waals surface area contributed by atoms with Gasteiger partial charge in [0.25, 0.3) is 0 Å². The summed E-state index contributed by atoms with van der Waals surface area (Å²) in [6, 6.07) is 12.0. The predicted octanol–water partition coefficient (Wildman–Crippen LogP) is 6.58. The molecule has 1 aromatic heterocycles. The number of aromatic nitrogens is 2. The second-order valence-corrected chi connectivity index (χ2v) is 7.85. The molecule has 33 heavy (non-hydrogen) atoms. The molecule has 1 aliphatic carbocycles. The molecule has 1 unspecified atom stereocenters. The van der Waals surface area contributed by atoms with Gasteiger partial charge in [0.05, 0.1) is 17.4 Å². The van der Waals surface area contributed by atoms with E-state index >= 15 is 0 Å². The fourth-order valence-electron chi connectivity index (χ4n) is 4.25. The lowest BCUT2D eigenvalue weighted by molar-refractivity contribution is -0.341. The van der Waals surface area contributed by atoms with Gasteiger partial charge in [-0.2, -0.15) is 13.2 Å². The molecule has 0 aliphatic heterocycles. The maximum Gasteiger partial charge on any atom is 0.522 e. The second-order valence-electron chi connectivity index (χ2n) is 7.85. The van der Waals surface area contributed by atoms with Crippen LogP contribution in [0.5, 0.6) is 0 Å². The zero-order valence-corrected chi connectivity index (χ0v) is 17.1. The quantitative estimate of drug-likeness (QED) is 0.440. The summed E-state index contributed by atoms with van der Waals surface area (Å²) in [6.45, 7) is 0. The van der Waals surface area contributed by atoms with Crippen molar-refractivity contribution < 1.29 is 31.1 Å². The van der Waals surface area contributed by atoms with E-state index in [1.807, 2.05) is 0 Å². The Bertz CT molecular complexity index is 1150. The molecule has 2 atom stereocenters. The Kier molecular flexibility index (Phi) is 6.04. The van der Waals surface area contributed by atoms with Crippen molar-refractivity contribution in [3.63, 3.8) is 0 Å². The summed E-state index contributed by atoms with van der Waals surface area (Å²) in [6.07, 6.45) is -7.89. The van der Waals surface area contributed by atoms with E-state index in [9.17, 15) is 26.3 Å². The number of alkyl halides is 6. The molecule has 4 nitrogen and oxygen atoms in total. The molecular weight excluding hydrogens is 448 g/mol. The zero-order valence-electron chi connectivity index (χ0n) is 17.1. The minimum Gasteiger partial charge on any atom is -0.368 e. The molecule has 1 saturated carbocycles. The summed E-state index contributed by atoms with van der Waals surface area (Å²) in [5.41, 5.74) is 6.36. The predicted molar refractivity (Wildman–Crippen MR) is 110 cm³/mol. The van der Waals surface area contributed by atoms with Crippen molar-refractivity contribution in [2.75, 3.05) is 5.73 Å². The summed E-state index contributed by atoms with van der Waals surface area (Å²) >= 11 is 0. The molecule has 0 radical (unpaired) electrons. The fraction of sp³-hybridized carbons (Fsp3) is 0.304. The van der Waals surface area contributed by atoms with Gasteiger partial charge < -0.3 is 5.73 Å². The number of anilines is 1. The van der Waals surface area contributed by atoms with Crippen LogP contribution in [0.4, 0.5) is 32.3 Å². The largest absolute Gasteiger partial charge is 0.522 e. The van der Waals surface area contributed by atoms with E-state index in [1.54, 1.807) is 24.3 Å². The van der Waals surface area contributed by atoms with E-state index < -0.39 is 24.2 Å². The van der Waals surface area contributed by atoms with Gasteiger partial charge in [-0.3, -0.25) is 4.74 Å². The molecule has 1 aliphatic rings. The topological polar surface area (TPSA) is 61.0 Å². The first-order chi connectivity index (χ1) is 15.5.